The molecule has 0 radical (unpaired) electrons. The molecule has 0 spiro atoms. The summed E-state index contributed by atoms with van der Waals surface area (Å²) in [5, 5.41) is 4.14. The first-order chi connectivity index (χ1) is 12.2. The third kappa shape index (κ3) is 4.32. The molecule has 1 aliphatic heterocycles. The molecule has 25 heavy (non-hydrogen) atoms. The summed E-state index contributed by atoms with van der Waals surface area (Å²) in [7, 11) is 0. The summed E-state index contributed by atoms with van der Waals surface area (Å²) in [5.41, 5.74) is 1.91. The van der Waals surface area contributed by atoms with E-state index in [1.807, 2.05) is 42.3 Å². The number of H-pyrrole nitrogens is 1. The third-order valence-corrected chi connectivity index (χ3v) is 4.89. The molecule has 6 nitrogen and oxygen atoms in total. The van der Waals surface area contributed by atoms with Crippen molar-refractivity contribution in [3.8, 4) is 0 Å². The standard InChI is InChI=1S/C19H28N4O2/c1-3-17-14-23(10-9-22(17)11-12-25-4-2)19(24)21-16-5-6-18-15(13-16)7-8-20-18/h5-8,13,17,20H,3-4,9-12,14H2,1-2H3,(H,21,24)/t17-/m0/s1. The second-order valence-electron chi connectivity index (χ2n) is 6.45. The van der Waals surface area contributed by atoms with Crippen LogP contribution < -0.4 is 5.32 Å². The van der Waals surface area contributed by atoms with Gasteiger partial charge in [-0.15, -0.1) is 0 Å². The Morgan fingerprint density at radius 3 is 3.00 bits per heavy atom. The lowest BCUT2D eigenvalue weighted by Crippen LogP contribution is -2.56. The van der Waals surface area contributed by atoms with Gasteiger partial charge in [0.25, 0.3) is 0 Å². The van der Waals surface area contributed by atoms with Crippen LogP contribution in [0.5, 0.6) is 0 Å². The number of ether oxygens (including phenoxy) is 1. The molecule has 0 unspecified atom stereocenters. The monoisotopic (exact) mass is 344 g/mol. The molecule has 1 atom stereocenters. The summed E-state index contributed by atoms with van der Waals surface area (Å²) in [6.45, 7) is 9.06. The number of nitrogens with one attached hydrogen (secondary N) is 2. The van der Waals surface area contributed by atoms with E-state index in [4.69, 9.17) is 4.74 Å². The number of rotatable bonds is 6. The molecule has 2 heterocycles. The zero-order chi connectivity index (χ0) is 17.6. The van der Waals surface area contributed by atoms with Crippen molar-refractivity contribution in [2.45, 2.75) is 26.3 Å². The molecule has 1 aliphatic rings. The van der Waals surface area contributed by atoms with Crippen molar-refractivity contribution in [3.05, 3.63) is 30.5 Å². The van der Waals surface area contributed by atoms with Gasteiger partial charge in [0.1, 0.15) is 0 Å². The largest absolute Gasteiger partial charge is 0.380 e. The van der Waals surface area contributed by atoms with Gasteiger partial charge >= 0.3 is 6.03 Å². The van der Waals surface area contributed by atoms with Crippen LogP contribution in [0.25, 0.3) is 10.9 Å². The first-order valence-corrected chi connectivity index (χ1v) is 9.16. The minimum absolute atomic E-state index is 0.0159. The van der Waals surface area contributed by atoms with E-state index in [1.165, 1.54) is 0 Å². The van der Waals surface area contributed by atoms with E-state index in [0.717, 1.165) is 62.4 Å². The summed E-state index contributed by atoms with van der Waals surface area (Å²) < 4.78 is 5.47. The summed E-state index contributed by atoms with van der Waals surface area (Å²) >= 11 is 0. The fourth-order valence-corrected chi connectivity index (χ4v) is 3.42. The highest BCUT2D eigenvalue weighted by atomic mass is 16.5. The van der Waals surface area contributed by atoms with Crippen LogP contribution in [0.15, 0.2) is 30.5 Å². The molecule has 0 aliphatic carbocycles. The summed E-state index contributed by atoms with van der Waals surface area (Å²) in [6.07, 6.45) is 2.94. The number of carbonyl (C=O) groups excluding carboxylic acids is 1. The van der Waals surface area contributed by atoms with Gasteiger partial charge in [-0.3, -0.25) is 4.90 Å². The number of nitrogens with zero attached hydrogens (tertiary/aromatic N) is 2. The Kier molecular flexibility index (Phi) is 5.94. The van der Waals surface area contributed by atoms with E-state index < -0.39 is 0 Å². The summed E-state index contributed by atoms with van der Waals surface area (Å²) in [4.78, 5) is 20.2. The number of anilines is 1. The molecule has 0 bridgehead atoms. The first kappa shape index (κ1) is 17.8. The van der Waals surface area contributed by atoms with Crippen LogP contribution in [0.4, 0.5) is 10.5 Å². The number of hydrogen-bond acceptors (Lipinski definition) is 3. The SMILES string of the molecule is CCOCCN1CCN(C(=O)Nc2ccc3[nH]ccc3c2)C[C@@H]1CC. The van der Waals surface area contributed by atoms with Crippen LogP contribution in [-0.4, -0.2) is 66.2 Å². The van der Waals surface area contributed by atoms with Gasteiger partial charge in [0.2, 0.25) is 0 Å². The fraction of sp³-hybridized carbons (Fsp3) is 0.526. The molecule has 1 fully saturated rings. The van der Waals surface area contributed by atoms with E-state index in [9.17, 15) is 4.79 Å². The van der Waals surface area contributed by atoms with Crippen molar-refractivity contribution in [1.82, 2.24) is 14.8 Å². The van der Waals surface area contributed by atoms with Crippen LogP contribution in [0.3, 0.4) is 0 Å². The van der Waals surface area contributed by atoms with Crippen LogP contribution in [0, 0.1) is 0 Å². The van der Waals surface area contributed by atoms with Gasteiger partial charge in [0.05, 0.1) is 6.61 Å². The highest BCUT2D eigenvalue weighted by molar-refractivity contribution is 5.92. The Hall–Kier alpha value is -2.05. The van der Waals surface area contributed by atoms with Gasteiger partial charge < -0.3 is 19.9 Å². The molecule has 6 heteroatoms. The lowest BCUT2D eigenvalue weighted by atomic mass is 10.1. The van der Waals surface area contributed by atoms with Gasteiger partial charge in [-0.25, -0.2) is 4.79 Å². The molecule has 1 aromatic carbocycles. The minimum Gasteiger partial charge on any atom is -0.380 e. The van der Waals surface area contributed by atoms with Gasteiger partial charge in [-0.1, -0.05) is 6.92 Å². The van der Waals surface area contributed by atoms with Crippen LogP contribution in [-0.2, 0) is 4.74 Å². The maximum atomic E-state index is 12.6. The number of carbonyl (C=O) groups is 1. The topological polar surface area (TPSA) is 60.6 Å². The predicted molar refractivity (Wildman–Crippen MR) is 101 cm³/mol. The number of fused-ring (bicyclic) bond motifs is 1. The smallest absolute Gasteiger partial charge is 0.321 e. The highest BCUT2D eigenvalue weighted by Gasteiger charge is 2.28. The Morgan fingerprint density at radius 1 is 1.32 bits per heavy atom. The summed E-state index contributed by atoms with van der Waals surface area (Å²) in [6, 6.07) is 8.32. The maximum Gasteiger partial charge on any atom is 0.321 e. The molecule has 1 aromatic heterocycles. The second kappa shape index (κ2) is 8.36. The van der Waals surface area contributed by atoms with Crippen molar-refractivity contribution >= 4 is 22.6 Å². The number of aromatic nitrogens is 1. The van der Waals surface area contributed by atoms with Gasteiger partial charge in [0.15, 0.2) is 0 Å². The Labute approximate surface area is 149 Å². The molecule has 0 saturated carbocycles. The fourth-order valence-electron chi connectivity index (χ4n) is 3.42. The molecule has 2 N–H and O–H groups in total. The minimum atomic E-state index is -0.0159. The van der Waals surface area contributed by atoms with E-state index in [0.29, 0.717) is 6.04 Å². The first-order valence-electron chi connectivity index (χ1n) is 9.16. The summed E-state index contributed by atoms with van der Waals surface area (Å²) in [5.74, 6) is 0. The number of aromatic amines is 1. The molecular weight excluding hydrogens is 316 g/mol. The van der Waals surface area contributed by atoms with Crippen molar-refractivity contribution in [1.29, 1.82) is 0 Å². The predicted octanol–water partition coefficient (Wildman–Crippen LogP) is 3.13. The molecule has 2 amide bonds. The Morgan fingerprint density at radius 2 is 2.20 bits per heavy atom. The van der Waals surface area contributed by atoms with E-state index in [2.05, 4.69) is 22.1 Å². The quantitative estimate of drug-likeness (QED) is 0.792. The third-order valence-electron chi connectivity index (χ3n) is 4.89. The van der Waals surface area contributed by atoms with E-state index in [1.54, 1.807) is 0 Å². The normalized spacial score (nSPS) is 18.6. The lowest BCUT2D eigenvalue weighted by molar-refractivity contribution is 0.0545. The van der Waals surface area contributed by atoms with Crippen LogP contribution >= 0.6 is 0 Å². The van der Waals surface area contributed by atoms with Gasteiger partial charge in [0, 0.05) is 61.6 Å². The second-order valence-corrected chi connectivity index (χ2v) is 6.45. The lowest BCUT2D eigenvalue weighted by Gasteiger charge is -2.41. The molecular formula is C19H28N4O2. The average Bonchev–Trinajstić information content (AvgIpc) is 3.09. The Balaban J connectivity index is 1.57. The maximum absolute atomic E-state index is 12.6. The molecule has 3 rings (SSSR count). The van der Waals surface area contributed by atoms with Crippen molar-refractivity contribution < 1.29 is 9.53 Å². The highest BCUT2D eigenvalue weighted by Crippen LogP contribution is 2.19. The van der Waals surface area contributed by atoms with Crippen LogP contribution in [0.1, 0.15) is 20.3 Å². The number of urea groups is 1. The average molecular weight is 344 g/mol. The van der Waals surface area contributed by atoms with E-state index >= 15 is 0 Å². The number of piperazine rings is 1. The zero-order valence-corrected chi connectivity index (χ0v) is 15.1. The van der Waals surface area contributed by atoms with Crippen molar-refractivity contribution in [3.63, 3.8) is 0 Å². The van der Waals surface area contributed by atoms with Crippen molar-refractivity contribution in [2.75, 3.05) is 44.7 Å². The number of amides is 2. The molecule has 136 valence electrons. The Bertz CT molecular complexity index is 700. The number of hydrogen-bond donors (Lipinski definition) is 2. The van der Waals surface area contributed by atoms with Crippen molar-refractivity contribution in [2.24, 2.45) is 0 Å². The molecule has 2 aromatic rings. The van der Waals surface area contributed by atoms with Crippen LogP contribution in [0.2, 0.25) is 0 Å². The van der Waals surface area contributed by atoms with E-state index in [-0.39, 0.29) is 6.03 Å². The van der Waals surface area contributed by atoms with Gasteiger partial charge in [-0.2, -0.15) is 0 Å². The zero-order valence-electron chi connectivity index (χ0n) is 15.1. The molecule has 1 saturated heterocycles. The van der Waals surface area contributed by atoms with Gasteiger partial charge in [-0.05, 0) is 37.6 Å². The number of benzene rings is 1.